The van der Waals surface area contributed by atoms with Gasteiger partial charge in [-0.3, -0.25) is 14.9 Å². The summed E-state index contributed by atoms with van der Waals surface area (Å²) in [4.78, 5) is 24.3. The lowest BCUT2D eigenvalue weighted by atomic mass is 10.1. The van der Waals surface area contributed by atoms with Crippen molar-refractivity contribution < 1.29 is 9.72 Å². The van der Waals surface area contributed by atoms with Crippen LogP contribution in [0.2, 0.25) is 5.02 Å². The van der Waals surface area contributed by atoms with Crippen LogP contribution in [0.25, 0.3) is 5.69 Å². The first-order valence-electron chi connectivity index (χ1n) is 7.74. The monoisotopic (exact) mass is 370 g/mol. The number of carbonyl (C=O) groups excluding carboxylic acids is 1. The topological polar surface area (TPSA) is 81.3 Å². The zero-order valence-corrected chi connectivity index (χ0v) is 14.6. The average molecular weight is 371 g/mol. The predicted octanol–water partition coefficient (Wildman–Crippen LogP) is 3.71. The molecule has 0 saturated carbocycles. The Hall–Kier alpha value is -3.19. The Morgan fingerprint density at radius 3 is 2.65 bits per heavy atom. The number of benzene rings is 2. The van der Waals surface area contributed by atoms with Crippen LogP contribution in [0.5, 0.6) is 0 Å². The zero-order chi connectivity index (χ0) is 18.7. The molecular weight excluding hydrogens is 356 g/mol. The maximum Gasteiger partial charge on any atom is 0.270 e. The average Bonchev–Trinajstić information content (AvgIpc) is 3.10. The molecule has 2 aromatic carbocycles. The van der Waals surface area contributed by atoms with Gasteiger partial charge in [0.15, 0.2) is 0 Å². The molecule has 3 aromatic rings. The molecule has 0 spiro atoms. The molecule has 0 atom stereocenters. The predicted molar refractivity (Wildman–Crippen MR) is 97.5 cm³/mol. The summed E-state index contributed by atoms with van der Waals surface area (Å²) in [5, 5.41) is 15.1. The van der Waals surface area contributed by atoms with Crippen molar-refractivity contribution in [1.29, 1.82) is 0 Å². The summed E-state index contributed by atoms with van der Waals surface area (Å²) < 4.78 is 1.73. The summed E-state index contributed by atoms with van der Waals surface area (Å²) in [7, 11) is 1.64. The van der Waals surface area contributed by atoms with Crippen LogP contribution in [-0.2, 0) is 6.54 Å². The van der Waals surface area contributed by atoms with Crippen molar-refractivity contribution in [2.75, 3.05) is 7.05 Å². The smallest absolute Gasteiger partial charge is 0.270 e. The zero-order valence-electron chi connectivity index (χ0n) is 13.9. The molecule has 0 aliphatic heterocycles. The van der Waals surface area contributed by atoms with Crippen LogP contribution in [-0.4, -0.2) is 32.6 Å². The van der Waals surface area contributed by atoms with Gasteiger partial charge in [-0.15, -0.1) is 0 Å². The summed E-state index contributed by atoms with van der Waals surface area (Å²) in [6, 6.07) is 13.4. The number of amides is 1. The minimum Gasteiger partial charge on any atom is -0.337 e. The van der Waals surface area contributed by atoms with Crippen molar-refractivity contribution in [2.45, 2.75) is 6.54 Å². The summed E-state index contributed by atoms with van der Waals surface area (Å²) in [6.45, 7) is 0.332. The first-order valence-corrected chi connectivity index (χ1v) is 8.12. The van der Waals surface area contributed by atoms with Crippen molar-refractivity contribution in [3.8, 4) is 5.69 Å². The molecule has 0 saturated heterocycles. The van der Waals surface area contributed by atoms with Crippen LogP contribution in [0.3, 0.4) is 0 Å². The van der Waals surface area contributed by atoms with Gasteiger partial charge in [0, 0.05) is 37.5 Å². The number of hydrogen-bond acceptors (Lipinski definition) is 4. The lowest BCUT2D eigenvalue weighted by molar-refractivity contribution is -0.384. The number of nitro benzene ring substituents is 1. The van der Waals surface area contributed by atoms with E-state index in [-0.39, 0.29) is 22.2 Å². The molecule has 0 bridgehead atoms. The first kappa shape index (κ1) is 17.6. The maximum atomic E-state index is 12.6. The maximum absolute atomic E-state index is 12.6. The Labute approximate surface area is 154 Å². The largest absolute Gasteiger partial charge is 0.337 e. The Morgan fingerprint density at radius 1 is 1.27 bits per heavy atom. The second-order valence-electron chi connectivity index (χ2n) is 5.71. The minimum atomic E-state index is -0.554. The van der Waals surface area contributed by atoms with E-state index in [0.717, 1.165) is 11.3 Å². The lowest BCUT2D eigenvalue weighted by Crippen LogP contribution is -2.26. The van der Waals surface area contributed by atoms with E-state index in [0.29, 0.717) is 6.54 Å². The fourth-order valence-electron chi connectivity index (χ4n) is 2.51. The highest BCUT2D eigenvalue weighted by Crippen LogP contribution is 2.24. The third kappa shape index (κ3) is 3.73. The van der Waals surface area contributed by atoms with E-state index in [4.69, 9.17) is 11.6 Å². The van der Waals surface area contributed by atoms with E-state index in [2.05, 4.69) is 5.10 Å². The molecule has 0 radical (unpaired) electrons. The number of para-hydroxylation sites is 1. The van der Waals surface area contributed by atoms with Gasteiger partial charge in [-0.2, -0.15) is 5.10 Å². The first-order chi connectivity index (χ1) is 12.5. The highest BCUT2D eigenvalue weighted by molar-refractivity contribution is 6.34. The van der Waals surface area contributed by atoms with E-state index in [1.807, 2.05) is 36.5 Å². The van der Waals surface area contributed by atoms with Gasteiger partial charge in [0.2, 0.25) is 0 Å². The molecule has 8 heteroatoms. The van der Waals surface area contributed by atoms with Gasteiger partial charge in [-0.05, 0) is 18.2 Å². The number of nitrogens with zero attached hydrogens (tertiary/aromatic N) is 4. The van der Waals surface area contributed by atoms with Gasteiger partial charge >= 0.3 is 0 Å². The number of non-ortho nitro benzene ring substituents is 1. The molecule has 0 aliphatic rings. The van der Waals surface area contributed by atoms with Crippen molar-refractivity contribution >= 4 is 23.2 Å². The second kappa shape index (κ2) is 7.37. The Bertz CT molecular complexity index is 956. The van der Waals surface area contributed by atoms with Crippen molar-refractivity contribution in [1.82, 2.24) is 14.7 Å². The SMILES string of the molecule is CN(Cc1cnn(-c2ccccc2)c1)C(=O)c1ccc([N+](=O)[O-])cc1Cl. The van der Waals surface area contributed by atoms with Crippen LogP contribution in [0.1, 0.15) is 15.9 Å². The fraction of sp³-hybridized carbons (Fsp3) is 0.111. The van der Waals surface area contributed by atoms with Crippen molar-refractivity contribution in [3.05, 3.63) is 87.2 Å². The summed E-state index contributed by atoms with van der Waals surface area (Å²) in [5.74, 6) is -0.322. The Balaban J connectivity index is 1.74. The van der Waals surface area contributed by atoms with Gasteiger partial charge in [0.25, 0.3) is 11.6 Å². The van der Waals surface area contributed by atoms with Crippen LogP contribution in [0.4, 0.5) is 5.69 Å². The molecule has 7 nitrogen and oxygen atoms in total. The van der Waals surface area contributed by atoms with Crippen molar-refractivity contribution in [2.24, 2.45) is 0 Å². The van der Waals surface area contributed by atoms with Crippen LogP contribution < -0.4 is 0 Å². The van der Waals surface area contributed by atoms with Crippen LogP contribution in [0, 0.1) is 10.1 Å². The summed E-state index contributed by atoms with van der Waals surface area (Å²) in [5.41, 5.74) is 1.84. The molecule has 1 aromatic heterocycles. The number of carbonyl (C=O) groups is 1. The van der Waals surface area contributed by atoms with Gasteiger partial charge < -0.3 is 4.90 Å². The van der Waals surface area contributed by atoms with Crippen molar-refractivity contribution in [3.63, 3.8) is 0 Å². The number of hydrogen-bond donors (Lipinski definition) is 0. The highest BCUT2D eigenvalue weighted by atomic mass is 35.5. The molecule has 1 amide bonds. The second-order valence-corrected chi connectivity index (χ2v) is 6.12. The molecular formula is C18H15ClN4O3. The minimum absolute atomic E-state index is 0.0519. The van der Waals surface area contributed by atoms with Gasteiger partial charge in [0.05, 0.1) is 27.4 Å². The normalized spacial score (nSPS) is 10.5. The Morgan fingerprint density at radius 2 is 2.00 bits per heavy atom. The third-order valence-corrected chi connectivity index (χ3v) is 4.13. The molecule has 3 rings (SSSR count). The lowest BCUT2D eigenvalue weighted by Gasteiger charge is -2.17. The quantitative estimate of drug-likeness (QED) is 0.506. The van der Waals surface area contributed by atoms with E-state index in [1.165, 1.54) is 23.1 Å². The Kier molecular flexibility index (Phi) is 4.99. The molecule has 26 heavy (non-hydrogen) atoms. The molecule has 0 aliphatic carbocycles. The number of nitro groups is 1. The summed E-state index contributed by atoms with van der Waals surface area (Å²) in [6.07, 6.45) is 3.53. The van der Waals surface area contributed by atoms with Gasteiger partial charge in [0.1, 0.15) is 0 Å². The van der Waals surface area contributed by atoms with Crippen LogP contribution >= 0.6 is 11.6 Å². The fourth-order valence-corrected chi connectivity index (χ4v) is 2.76. The van der Waals surface area contributed by atoms with Gasteiger partial charge in [-0.1, -0.05) is 29.8 Å². The number of halogens is 1. The van der Waals surface area contributed by atoms with Crippen LogP contribution in [0.15, 0.2) is 60.9 Å². The standard InChI is InChI=1S/C18H15ClN4O3/c1-21(18(24)16-8-7-15(23(25)26)9-17(16)19)11-13-10-20-22(12-13)14-5-3-2-4-6-14/h2-10,12H,11H2,1H3. The summed E-state index contributed by atoms with van der Waals surface area (Å²) >= 11 is 6.03. The molecule has 1 heterocycles. The highest BCUT2D eigenvalue weighted by Gasteiger charge is 2.18. The number of rotatable bonds is 5. The molecule has 132 valence electrons. The third-order valence-electron chi connectivity index (χ3n) is 3.82. The number of aromatic nitrogens is 2. The molecule has 0 unspecified atom stereocenters. The molecule has 0 fully saturated rings. The van der Waals surface area contributed by atoms with Gasteiger partial charge in [-0.25, -0.2) is 4.68 Å². The van der Waals surface area contributed by atoms with E-state index in [1.54, 1.807) is 17.9 Å². The van der Waals surface area contributed by atoms with E-state index >= 15 is 0 Å². The van der Waals surface area contributed by atoms with E-state index < -0.39 is 4.92 Å². The molecule has 0 N–H and O–H groups in total. The van der Waals surface area contributed by atoms with E-state index in [9.17, 15) is 14.9 Å².